The monoisotopic (exact) mass is 325 g/mol. The van der Waals surface area contributed by atoms with Gasteiger partial charge in [0.2, 0.25) is 0 Å². The van der Waals surface area contributed by atoms with Gasteiger partial charge in [0.05, 0.1) is 0 Å². The van der Waals surface area contributed by atoms with Crippen molar-refractivity contribution in [1.82, 2.24) is 0 Å². The van der Waals surface area contributed by atoms with Crippen molar-refractivity contribution in [2.45, 2.75) is 4.90 Å². The number of anilines is 1. The van der Waals surface area contributed by atoms with E-state index >= 15 is 0 Å². The fourth-order valence-electron chi connectivity index (χ4n) is 2.10. The van der Waals surface area contributed by atoms with E-state index in [4.69, 9.17) is 5.73 Å². The number of thiol groups is 1. The van der Waals surface area contributed by atoms with Crippen molar-refractivity contribution in [1.29, 1.82) is 0 Å². The van der Waals surface area contributed by atoms with Gasteiger partial charge in [-0.05, 0) is 54.6 Å². The first-order valence-electron chi connectivity index (χ1n) is 7.48. The van der Waals surface area contributed by atoms with Gasteiger partial charge in [0, 0.05) is 32.8 Å². The first-order valence-corrected chi connectivity index (χ1v) is 7.93. The van der Waals surface area contributed by atoms with Crippen molar-refractivity contribution in [3.63, 3.8) is 0 Å². The molecule has 0 aromatic heterocycles. The summed E-state index contributed by atoms with van der Waals surface area (Å²) in [4.78, 5) is 0.918. The van der Waals surface area contributed by atoms with Gasteiger partial charge < -0.3 is 5.73 Å². The summed E-state index contributed by atoms with van der Waals surface area (Å²) in [5.74, 6) is 12.5. The predicted molar refractivity (Wildman–Crippen MR) is 103 cm³/mol. The average Bonchev–Trinajstić information content (AvgIpc) is 2.61. The summed E-state index contributed by atoms with van der Waals surface area (Å²) in [5, 5.41) is 0. The molecular weight excluding hydrogens is 310 g/mol. The molecule has 0 radical (unpaired) electrons. The van der Waals surface area contributed by atoms with Crippen molar-refractivity contribution in [3.8, 4) is 23.7 Å². The van der Waals surface area contributed by atoms with E-state index in [2.05, 4.69) is 36.3 Å². The number of nitrogen functional groups attached to an aromatic ring is 1. The Hall–Kier alpha value is -3.07. The molecule has 3 aromatic carbocycles. The van der Waals surface area contributed by atoms with Crippen LogP contribution >= 0.6 is 12.6 Å². The van der Waals surface area contributed by atoms with E-state index in [1.807, 2.05) is 72.8 Å². The maximum absolute atomic E-state index is 6.10. The van der Waals surface area contributed by atoms with Crippen LogP contribution in [0.4, 0.5) is 5.69 Å². The maximum Gasteiger partial charge on any atom is 0.0485 e. The summed E-state index contributed by atoms with van der Waals surface area (Å²) in [5.41, 5.74) is 10.3. The lowest BCUT2D eigenvalue weighted by molar-refractivity contribution is 1.46. The van der Waals surface area contributed by atoms with Crippen LogP contribution in [0.1, 0.15) is 22.3 Å². The lowest BCUT2D eigenvalue weighted by atomic mass is 10.1. The normalized spacial score (nSPS) is 9.38. The van der Waals surface area contributed by atoms with E-state index in [1.54, 1.807) is 0 Å². The van der Waals surface area contributed by atoms with E-state index in [1.165, 1.54) is 0 Å². The van der Waals surface area contributed by atoms with Gasteiger partial charge >= 0.3 is 0 Å². The van der Waals surface area contributed by atoms with Crippen molar-refractivity contribution < 1.29 is 0 Å². The van der Waals surface area contributed by atoms with E-state index in [9.17, 15) is 0 Å². The van der Waals surface area contributed by atoms with Crippen LogP contribution in [0, 0.1) is 23.7 Å². The Balaban J connectivity index is 1.81. The molecule has 114 valence electrons. The third kappa shape index (κ3) is 4.23. The lowest BCUT2D eigenvalue weighted by Gasteiger charge is -1.99. The van der Waals surface area contributed by atoms with Crippen molar-refractivity contribution in [2.75, 3.05) is 5.73 Å². The smallest absolute Gasteiger partial charge is 0.0485 e. The van der Waals surface area contributed by atoms with Gasteiger partial charge in [-0.3, -0.25) is 0 Å². The molecule has 0 bridgehead atoms. The summed E-state index contributed by atoms with van der Waals surface area (Å²) in [7, 11) is 0. The Morgan fingerprint density at radius 1 is 0.625 bits per heavy atom. The highest BCUT2D eigenvalue weighted by molar-refractivity contribution is 7.80. The number of nitrogens with two attached hydrogens (primary N) is 1. The minimum absolute atomic E-state index is 0.633. The summed E-state index contributed by atoms with van der Waals surface area (Å²) < 4.78 is 0. The predicted octanol–water partition coefficient (Wildman–Crippen LogP) is 4.36. The Morgan fingerprint density at radius 2 is 1.21 bits per heavy atom. The molecule has 2 N–H and O–H groups in total. The quantitative estimate of drug-likeness (QED) is 0.358. The fourth-order valence-corrected chi connectivity index (χ4v) is 2.25. The first-order chi connectivity index (χ1) is 11.7. The van der Waals surface area contributed by atoms with Gasteiger partial charge in [-0.1, -0.05) is 41.9 Å². The minimum Gasteiger partial charge on any atom is -0.398 e. The second-order valence-corrected chi connectivity index (χ2v) is 5.73. The van der Waals surface area contributed by atoms with Crippen LogP contribution in [0.2, 0.25) is 0 Å². The van der Waals surface area contributed by atoms with E-state index in [0.717, 1.165) is 27.1 Å². The van der Waals surface area contributed by atoms with Gasteiger partial charge in [0.25, 0.3) is 0 Å². The average molecular weight is 325 g/mol. The van der Waals surface area contributed by atoms with Crippen molar-refractivity contribution in [3.05, 3.63) is 95.1 Å². The highest BCUT2D eigenvalue weighted by Gasteiger charge is 1.97. The zero-order valence-electron chi connectivity index (χ0n) is 13.0. The Labute approximate surface area is 147 Å². The van der Waals surface area contributed by atoms with E-state index in [0.29, 0.717) is 5.69 Å². The van der Waals surface area contributed by atoms with Crippen LogP contribution in [0.3, 0.4) is 0 Å². The molecule has 0 unspecified atom stereocenters. The van der Waals surface area contributed by atoms with Crippen LogP contribution in [0.5, 0.6) is 0 Å². The molecule has 3 rings (SSSR count). The second-order valence-electron chi connectivity index (χ2n) is 5.21. The third-order valence-electron chi connectivity index (χ3n) is 3.39. The zero-order chi connectivity index (χ0) is 16.8. The van der Waals surface area contributed by atoms with Gasteiger partial charge in [0.15, 0.2) is 0 Å². The highest BCUT2D eigenvalue weighted by Crippen LogP contribution is 2.13. The molecule has 0 heterocycles. The highest BCUT2D eigenvalue weighted by atomic mass is 32.1. The van der Waals surface area contributed by atoms with Crippen LogP contribution < -0.4 is 5.73 Å². The molecule has 0 amide bonds. The molecule has 0 saturated carbocycles. The van der Waals surface area contributed by atoms with E-state index in [-0.39, 0.29) is 0 Å². The summed E-state index contributed by atoms with van der Waals surface area (Å²) in [6.07, 6.45) is 0. The lowest BCUT2D eigenvalue weighted by Crippen LogP contribution is -1.91. The summed E-state index contributed by atoms with van der Waals surface area (Å²) in [6.45, 7) is 0. The second kappa shape index (κ2) is 7.47. The molecule has 0 saturated heterocycles. The van der Waals surface area contributed by atoms with Crippen LogP contribution in [-0.4, -0.2) is 0 Å². The zero-order valence-corrected chi connectivity index (χ0v) is 13.8. The van der Waals surface area contributed by atoms with Gasteiger partial charge in [-0.15, -0.1) is 12.6 Å². The molecule has 0 aliphatic heterocycles. The van der Waals surface area contributed by atoms with Crippen molar-refractivity contribution in [2.24, 2.45) is 0 Å². The fraction of sp³-hybridized carbons (Fsp3) is 0. The van der Waals surface area contributed by atoms with Crippen LogP contribution in [0.25, 0.3) is 0 Å². The van der Waals surface area contributed by atoms with E-state index < -0.39 is 0 Å². The molecule has 3 aromatic rings. The number of rotatable bonds is 0. The maximum atomic E-state index is 6.10. The topological polar surface area (TPSA) is 26.0 Å². The molecule has 2 heteroatoms. The van der Waals surface area contributed by atoms with Gasteiger partial charge in [0.1, 0.15) is 0 Å². The van der Waals surface area contributed by atoms with Crippen molar-refractivity contribution >= 4 is 18.3 Å². The number of hydrogen-bond donors (Lipinski definition) is 2. The first kappa shape index (κ1) is 15.8. The SMILES string of the molecule is Nc1cc(C#Cc2ccccc2)ccc1C#Cc1ccc(S)cc1. The van der Waals surface area contributed by atoms with Crippen LogP contribution in [-0.2, 0) is 0 Å². The Morgan fingerprint density at radius 3 is 1.92 bits per heavy atom. The molecule has 0 aliphatic carbocycles. The number of benzene rings is 3. The molecule has 0 atom stereocenters. The molecule has 24 heavy (non-hydrogen) atoms. The Bertz CT molecular complexity index is 966. The molecule has 0 fully saturated rings. The molecular formula is C22H15NS. The molecule has 0 aliphatic rings. The Kier molecular flexibility index (Phi) is 4.92. The van der Waals surface area contributed by atoms with Gasteiger partial charge in [-0.2, -0.15) is 0 Å². The summed E-state index contributed by atoms with van der Waals surface area (Å²) in [6, 6.07) is 23.3. The van der Waals surface area contributed by atoms with Crippen LogP contribution in [0.15, 0.2) is 77.7 Å². The largest absolute Gasteiger partial charge is 0.398 e. The molecule has 1 nitrogen and oxygen atoms in total. The molecule has 0 spiro atoms. The minimum atomic E-state index is 0.633. The van der Waals surface area contributed by atoms with Gasteiger partial charge in [-0.25, -0.2) is 0 Å². The standard InChI is InChI=1S/C22H15NS/c23-22-16-19(7-6-17-4-2-1-3-5-17)9-13-20(22)12-8-18-10-14-21(24)15-11-18/h1-5,9-11,13-16,24H,23H2. The number of hydrogen-bond acceptors (Lipinski definition) is 2. The third-order valence-corrected chi connectivity index (χ3v) is 3.68. The summed E-state index contributed by atoms with van der Waals surface area (Å²) >= 11 is 4.26.